The van der Waals surface area contributed by atoms with E-state index in [1.807, 2.05) is 0 Å². The average molecular weight is 260 g/mol. The van der Waals surface area contributed by atoms with Gasteiger partial charge in [0.05, 0.1) is 13.0 Å². The number of hydrogen-bond acceptors (Lipinski definition) is 5. The van der Waals surface area contributed by atoms with Gasteiger partial charge in [-0.1, -0.05) is 0 Å². The van der Waals surface area contributed by atoms with E-state index in [0.717, 1.165) is 31.9 Å². The highest BCUT2D eigenvalue weighted by atomic mass is 16.2. The summed E-state index contributed by atoms with van der Waals surface area (Å²) in [6.45, 7) is 1.95. The van der Waals surface area contributed by atoms with Crippen molar-refractivity contribution in [1.29, 1.82) is 0 Å². The Kier molecular flexibility index (Phi) is 3.15. The molecule has 0 aromatic carbocycles. The number of hydrogen-bond donors (Lipinski definition) is 0. The van der Waals surface area contributed by atoms with Crippen LogP contribution in [0.25, 0.3) is 0 Å². The van der Waals surface area contributed by atoms with Gasteiger partial charge >= 0.3 is 0 Å². The van der Waals surface area contributed by atoms with Crippen molar-refractivity contribution in [3.05, 3.63) is 18.5 Å². The molecule has 6 heteroatoms. The lowest BCUT2D eigenvalue weighted by Gasteiger charge is -2.36. The van der Waals surface area contributed by atoms with Gasteiger partial charge in [-0.2, -0.15) is 0 Å². The number of Topliss-reactive ketones (excluding diaryl/α,β-unsaturated/α-hetero) is 1. The third-order valence-electron chi connectivity index (χ3n) is 3.76. The zero-order valence-electron chi connectivity index (χ0n) is 10.7. The van der Waals surface area contributed by atoms with Crippen molar-refractivity contribution in [3.63, 3.8) is 0 Å². The zero-order valence-corrected chi connectivity index (χ0v) is 10.7. The van der Waals surface area contributed by atoms with Crippen LogP contribution >= 0.6 is 0 Å². The van der Waals surface area contributed by atoms with Gasteiger partial charge in [0.25, 0.3) is 0 Å². The number of amides is 1. The van der Waals surface area contributed by atoms with Gasteiger partial charge in [-0.15, -0.1) is 0 Å². The molecule has 2 aliphatic heterocycles. The minimum absolute atomic E-state index is 0.0144. The fourth-order valence-corrected chi connectivity index (χ4v) is 2.77. The van der Waals surface area contributed by atoms with Gasteiger partial charge in [-0.3, -0.25) is 9.59 Å². The molecule has 19 heavy (non-hydrogen) atoms. The van der Waals surface area contributed by atoms with Crippen molar-refractivity contribution in [2.75, 3.05) is 24.5 Å². The highest BCUT2D eigenvalue weighted by molar-refractivity contribution is 6.05. The Bertz CT molecular complexity index is 483. The molecule has 0 radical (unpaired) electrons. The summed E-state index contributed by atoms with van der Waals surface area (Å²) in [6, 6.07) is 1.99. The Morgan fingerprint density at radius 2 is 1.79 bits per heavy atom. The minimum atomic E-state index is -0.0144. The van der Waals surface area contributed by atoms with Gasteiger partial charge < -0.3 is 9.80 Å². The Morgan fingerprint density at radius 1 is 1.11 bits per heavy atom. The van der Waals surface area contributed by atoms with Crippen LogP contribution in [0.5, 0.6) is 0 Å². The first-order chi connectivity index (χ1) is 9.24. The topological polar surface area (TPSA) is 66.4 Å². The number of carbonyl (C=O) groups excluding carboxylic acids is 2. The standard InChI is InChI=1S/C13H16N4O2/c18-11-8-12(19)17(9-11)10-2-6-16(7-3-10)13-14-4-1-5-15-13/h1,4-5,10H,2-3,6-9H2. The fraction of sp³-hybridized carbons (Fsp3) is 0.538. The van der Waals surface area contributed by atoms with Crippen molar-refractivity contribution in [1.82, 2.24) is 14.9 Å². The summed E-state index contributed by atoms with van der Waals surface area (Å²) in [6.07, 6.45) is 5.30. The smallest absolute Gasteiger partial charge is 0.230 e. The van der Waals surface area contributed by atoms with Crippen LogP contribution in [0.3, 0.4) is 0 Å². The lowest BCUT2D eigenvalue weighted by molar-refractivity contribution is -0.130. The van der Waals surface area contributed by atoms with Crippen LogP contribution in [-0.2, 0) is 9.59 Å². The second kappa shape index (κ2) is 4.95. The molecule has 1 amide bonds. The summed E-state index contributed by atoms with van der Waals surface area (Å²) in [5, 5.41) is 0. The molecule has 0 bridgehead atoms. The molecule has 6 nitrogen and oxygen atoms in total. The number of likely N-dealkylation sites (tertiary alicyclic amines) is 1. The predicted octanol–water partition coefficient (Wildman–Crippen LogP) is 0.247. The van der Waals surface area contributed by atoms with Crippen LogP contribution in [0, 0.1) is 0 Å². The monoisotopic (exact) mass is 260 g/mol. The van der Waals surface area contributed by atoms with Crippen molar-refractivity contribution in [2.45, 2.75) is 25.3 Å². The van der Waals surface area contributed by atoms with Crippen LogP contribution in [0.15, 0.2) is 18.5 Å². The fourth-order valence-electron chi connectivity index (χ4n) is 2.77. The third-order valence-corrected chi connectivity index (χ3v) is 3.76. The molecule has 0 spiro atoms. The molecule has 2 aliphatic rings. The maximum Gasteiger partial charge on any atom is 0.230 e. The van der Waals surface area contributed by atoms with Crippen LogP contribution in [0.4, 0.5) is 5.95 Å². The summed E-state index contributed by atoms with van der Waals surface area (Å²) >= 11 is 0. The lowest BCUT2D eigenvalue weighted by Crippen LogP contribution is -2.46. The molecule has 0 saturated carbocycles. The number of nitrogens with zero attached hydrogens (tertiary/aromatic N) is 4. The lowest BCUT2D eigenvalue weighted by atomic mass is 10.0. The number of anilines is 1. The van der Waals surface area contributed by atoms with Gasteiger partial charge in [-0.25, -0.2) is 9.97 Å². The second-order valence-corrected chi connectivity index (χ2v) is 5.00. The van der Waals surface area contributed by atoms with E-state index in [1.54, 1.807) is 23.4 Å². The largest absolute Gasteiger partial charge is 0.341 e. The normalized spacial score (nSPS) is 21.3. The minimum Gasteiger partial charge on any atom is -0.341 e. The van der Waals surface area contributed by atoms with Crippen LogP contribution in [0.2, 0.25) is 0 Å². The molecule has 0 aliphatic carbocycles. The molecule has 0 atom stereocenters. The number of piperidine rings is 1. The van der Waals surface area contributed by atoms with E-state index in [0.29, 0.717) is 6.54 Å². The maximum atomic E-state index is 11.7. The first-order valence-electron chi connectivity index (χ1n) is 6.57. The number of rotatable bonds is 2. The maximum absolute atomic E-state index is 11.7. The summed E-state index contributed by atoms with van der Waals surface area (Å²) in [5.74, 6) is 0.767. The first kappa shape index (κ1) is 12.1. The molecule has 0 N–H and O–H groups in total. The molecular weight excluding hydrogens is 244 g/mol. The van der Waals surface area contributed by atoms with E-state index in [2.05, 4.69) is 14.9 Å². The van der Waals surface area contributed by atoms with Crippen LogP contribution in [-0.4, -0.2) is 52.2 Å². The van der Waals surface area contributed by atoms with Crippen molar-refractivity contribution in [3.8, 4) is 0 Å². The van der Waals surface area contributed by atoms with Crippen LogP contribution < -0.4 is 4.90 Å². The Balaban J connectivity index is 1.61. The Labute approximate surface area is 111 Å². The molecule has 3 rings (SSSR count). The number of aromatic nitrogens is 2. The summed E-state index contributed by atoms with van der Waals surface area (Å²) in [5.41, 5.74) is 0. The van der Waals surface area contributed by atoms with Gasteiger partial charge in [0.1, 0.15) is 0 Å². The molecular formula is C13H16N4O2. The number of carbonyl (C=O) groups is 2. The predicted molar refractivity (Wildman–Crippen MR) is 68.6 cm³/mol. The summed E-state index contributed by atoms with van der Waals surface area (Å²) in [7, 11) is 0. The van der Waals surface area contributed by atoms with Crippen molar-refractivity contribution < 1.29 is 9.59 Å². The highest BCUT2D eigenvalue weighted by Crippen LogP contribution is 2.22. The Hall–Kier alpha value is -1.98. The highest BCUT2D eigenvalue weighted by Gasteiger charge is 2.34. The third kappa shape index (κ3) is 2.43. The van der Waals surface area contributed by atoms with E-state index in [4.69, 9.17) is 0 Å². The first-order valence-corrected chi connectivity index (χ1v) is 6.57. The van der Waals surface area contributed by atoms with Gasteiger partial charge in [-0.05, 0) is 18.9 Å². The van der Waals surface area contributed by atoms with Gasteiger partial charge in [0.15, 0.2) is 5.78 Å². The molecule has 2 fully saturated rings. The molecule has 0 unspecified atom stereocenters. The Morgan fingerprint density at radius 3 is 2.37 bits per heavy atom. The molecule has 100 valence electrons. The summed E-state index contributed by atoms with van der Waals surface area (Å²) < 4.78 is 0. The molecule has 1 aromatic rings. The second-order valence-electron chi connectivity index (χ2n) is 5.00. The molecule has 3 heterocycles. The van der Waals surface area contributed by atoms with E-state index in [9.17, 15) is 9.59 Å². The SMILES string of the molecule is O=C1CC(=O)N(C2CCN(c3ncccn3)CC2)C1. The van der Waals surface area contributed by atoms with Crippen molar-refractivity contribution in [2.24, 2.45) is 0 Å². The summed E-state index contributed by atoms with van der Waals surface area (Å²) in [4.78, 5) is 35.3. The molecule has 2 saturated heterocycles. The van der Waals surface area contributed by atoms with E-state index in [-0.39, 0.29) is 24.2 Å². The number of ketones is 1. The van der Waals surface area contributed by atoms with E-state index >= 15 is 0 Å². The van der Waals surface area contributed by atoms with Gasteiger partial charge in [0, 0.05) is 31.5 Å². The van der Waals surface area contributed by atoms with Crippen LogP contribution in [0.1, 0.15) is 19.3 Å². The van der Waals surface area contributed by atoms with Gasteiger partial charge in [0.2, 0.25) is 11.9 Å². The average Bonchev–Trinajstić information content (AvgIpc) is 2.79. The zero-order chi connectivity index (χ0) is 13.2. The quantitative estimate of drug-likeness (QED) is 0.713. The van der Waals surface area contributed by atoms with E-state index in [1.165, 1.54) is 0 Å². The molecule has 1 aromatic heterocycles. The van der Waals surface area contributed by atoms with E-state index < -0.39 is 0 Å². The van der Waals surface area contributed by atoms with Crippen molar-refractivity contribution >= 4 is 17.6 Å².